The summed E-state index contributed by atoms with van der Waals surface area (Å²) in [5, 5.41) is 6.72. The van der Waals surface area contributed by atoms with Gasteiger partial charge < -0.3 is 14.8 Å². The highest BCUT2D eigenvalue weighted by Crippen LogP contribution is 2.39. The third-order valence-corrected chi connectivity index (χ3v) is 6.16. The van der Waals surface area contributed by atoms with Crippen LogP contribution in [0, 0.1) is 5.92 Å². The van der Waals surface area contributed by atoms with Gasteiger partial charge in [0, 0.05) is 40.9 Å². The van der Waals surface area contributed by atoms with Gasteiger partial charge in [0.05, 0.1) is 5.57 Å². The number of carbonyl (C=O) groups excluding carboxylic acids is 2. The molecule has 0 unspecified atom stereocenters. The monoisotopic (exact) mass is 414 g/mol. The summed E-state index contributed by atoms with van der Waals surface area (Å²) >= 11 is 0. The Kier molecular flexibility index (Phi) is 4.87. The highest BCUT2D eigenvalue weighted by atomic mass is 16.2. The zero-order chi connectivity index (χ0) is 21.5. The fraction of sp³-hybridized carbons (Fsp3) is 0.280. The molecular weight excluding hydrogens is 388 g/mol. The lowest BCUT2D eigenvalue weighted by atomic mass is 9.93. The molecule has 2 aliphatic heterocycles. The Hall–Kier alpha value is -3.38. The first-order valence-electron chi connectivity index (χ1n) is 10.7. The van der Waals surface area contributed by atoms with E-state index >= 15 is 0 Å². The van der Waals surface area contributed by atoms with Gasteiger partial charge in [0.1, 0.15) is 5.70 Å². The molecule has 2 N–H and O–H groups in total. The number of hydrogen-bond donors (Lipinski definition) is 2. The Morgan fingerprint density at radius 3 is 2.55 bits per heavy atom. The van der Waals surface area contributed by atoms with E-state index in [-0.39, 0.29) is 11.8 Å². The largest absolute Gasteiger partial charge is 0.350 e. The van der Waals surface area contributed by atoms with Crippen LogP contribution in [0.25, 0.3) is 16.5 Å². The Morgan fingerprint density at radius 2 is 1.77 bits per heavy atom. The first kappa shape index (κ1) is 19.6. The summed E-state index contributed by atoms with van der Waals surface area (Å²) in [4.78, 5) is 27.9. The van der Waals surface area contributed by atoms with Crippen LogP contribution in [0.2, 0.25) is 0 Å². The number of hydrogen-bond acceptors (Lipinski definition) is 4. The lowest BCUT2D eigenvalue weighted by Gasteiger charge is -2.28. The molecule has 0 fully saturated rings. The van der Waals surface area contributed by atoms with Crippen molar-refractivity contribution >= 4 is 34.0 Å². The summed E-state index contributed by atoms with van der Waals surface area (Å²) in [7, 11) is 4.21. The number of imide groups is 1. The normalized spacial score (nSPS) is 18.6. The van der Waals surface area contributed by atoms with Crippen molar-refractivity contribution in [2.24, 2.45) is 5.92 Å². The Morgan fingerprint density at radius 1 is 1.03 bits per heavy atom. The first-order chi connectivity index (χ1) is 15.0. The molecule has 3 aromatic rings. The van der Waals surface area contributed by atoms with Gasteiger partial charge in [-0.05, 0) is 51.1 Å². The van der Waals surface area contributed by atoms with E-state index in [1.54, 1.807) is 0 Å². The number of amides is 2. The van der Waals surface area contributed by atoms with Gasteiger partial charge in [0.15, 0.2) is 0 Å². The second-order valence-electron chi connectivity index (χ2n) is 8.64. The second-order valence-corrected chi connectivity index (χ2v) is 8.64. The highest BCUT2D eigenvalue weighted by molar-refractivity contribution is 6.38. The van der Waals surface area contributed by atoms with Crippen LogP contribution in [0.15, 0.2) is 60.3 Å². The van der Waals surface area contributed by atoms with Crippen LogP contribution in [0.3, 0.4) is 0 Å². The molecule has 0 spiro atoms. The van der Waals surface area contributed by atoms with Crippen molar-refractivity contribution in [3.05, 3.63) is 71.6 Å². The molecule has 3 heterocycles. The summed E-state index contributed by atoms with van der Waals surface area (Å²) in [5.74, 6) is -0.159. The van der Waals surface area contributed by atoms with Crippen molar-refractivity contribution in [3.8, 4) is 0 Å². The second kappa shape index (κ2) is 7.71. The third kappa shape index (κ3) is 3.43. The molecule has 1 aromatic heterocycles. The molecule has 158 valence electrons. The molecule has 2 aliphatic rings. The highest BCUT2D eigenvalue weighted by Gasteiger charge is 2.36. The number of benzene rings is 2. The van der Waals surface area contributed by atoms with Crippen LogP contribution < -0.4 is 10.6 Å². The van der Waals surface area contributed by atoms with Crippen molar-refractivity contribution in [1.29, 1.82) is 0 Å². The van der Waals surface area contributed by atoms with Crippen LogP contribution in [0.5, 0.6) is 0 Å². The summed E-state index contributed by atoms with van der Waals surface area (Å²) in [6.45, 7) is 1.95. The molecule has 31 heavy (non-hydrogen) atoms. The van der Waals surface area contributed by atoms with Crippen LogP contribution in [0.4, 0.5) is 5.69 Å². The van der Waals surface area contributed by atoms with Crippen molar-refractivity contribution in [1.82, 2.24) is 14.8 Å². The molecular formula is C25H26N4O2. The maximum atomic E-state index is 13.0. The van der Waals surface area contributed by atoms with Gasteiger partial charge in [0.25, 0.3) is 11.8 Å². The zero-order valence-electron chi connectivity index (χ0n) is 17.8. The van der Waals surface area contributed by atoms with Crippen LogP contribution in [0.1, 0.15) is 17.7 Å². The summed E-state index contributed by atoms with van der Waals surface area (Å²) in [6, 6.07) is 17.7. The molecule has 2 amide bonds. The number of anilines is 1. The Bertz CT molecular complexity index is 1210. The predicted octanol–water partition coefficient (Wildman–Crippen LogP) is 3.24. The van der Waals surface area contributed by atoms with Gasteiger partial charge in [-0.15, -0.1) is 0 Å². The molecule has 0 saturated heterocycles. The van der Waals surface area contributed by atoms with Crippen LogP contribution >= 0.6 is 0 Å². The van der Waals surface area contributed by atoms with Crippen LogP contribution in [-0.2, 0) is 22.6 Å². The molecule has 1 atom stereocenters. The van der Waals surface area contributed by atoms with E-state index in [4.69, 9.17) is 0 Å². The van der Waals surface area contributed by atoms with E-state index in [0.717, 1.165) is 53.8 Å². The van der Waals surface area contributed by atoms with E-state index in [2.05, 4.69) is 46.3 Å². The fourth-order valence-corrected chi connectivity index (χ4v) is 4.94. The number of rotatable bonds is 5. The Balaban J connectivity index is 1.67. The number of aromatic nitrogens is 1. The predicted molar refractivity (Wildman–Crippen MR) is 122 cm³/mol. The maximum Gasteiger partial charge on any atom is 0.275 e. The Labute approximate surface area is 181 Å². The number of carbonyl (C=O) groups is 2. The number of nitrogens with one attached hydrogen (secondary N) is 2. The molecule has 0 saturated carbocycles. The average Bonchev–Trinajstić information content (AvgIpc) is 3.21. The summed E-state index contributed by atoms with van der Waals surface area (Å²) < 4.78 is 2.35. The molecule has 0 bridgehead atoms. The van der Waals surface area contributed by atoms with Crippen molar-refractivity contribution < 1.29 is 9.59 Å². The third-order valence-electron chi connectivity index (χ3n) is 6.16. The minimum atomic E-state index is -0.380. The molecule has 0 radical (unpaired) electrons. The van der Waals surface area contributed by atoms with E-state index in [1.165, 1.54) is 0 Å². The SMILES string of the molecule is CN(C)C[C@@H]1CCc2c(C3=C(Nc4ccccc4)C(=O)NC3=O)c3ccccc3n2C1. The zero-order valence-corrected chi connectivity index (χ0v) is 17.8. The number of fused-ring (bicyclic) bond motifs is 3. The van der Waals surface area contributed by atoms with Crippen LogP contribution in [-0.4, -0.2) is 41.9 Å². The van der Waals surface area contributed by atoms with Gasteiger partial charge in [-0.1, -0.05) is 36.4 Å². The van der Waals surface area contributed by atoms with Gasteiger partial charge in [0.2, 0.25) is 0 Å². The van der Waals surface area contributed by atoms with Gasteiger partial charge in [-0.3, -0.25) is 14.9 Å². The van der Waals surface area contributed by atoms with Gasteiger partial charge in [-0.25, -0.2) is 0 Å². The van der Waals surface area contributed by atoms with E-state index in [9.17, 15) is 9.59 Å². The average molecular weight is 415 g/mol. The molecule has 5 rings (SSSR count). The fourth-order valence-electron chi connectivity index (χ4n) is 4.94. The number of nitrogens with zero attached hydrogens (tertiary/aromatic N) is 2. The standard InChI is InChI=1S/C25H26N4O2/c1-28(2)14-16-12-13-20-21(18-10-6-7-11-19(18)29(20)15-16)22-23(25(31)27-24(22)30)26-17-8-4-3-5-9-17/h3-11,16H,12-15H2,1-2H3,(H2,26,27,30,31)/t16-/m0/s1. The van der Waals surface area contributed by atoms with Crippen molar-refractivity contribution in [2.45, 2.75) is 19.4 Å². The van der Waals surface area contributed by atoms with Gasteiger partial charge in [-0.2, -0.15) is 0 Å². The van der Waals surface area contributed by atoms with Crippen molar-refractivity contribution in [3.63, 3.8) is 0 Å². The number of para-hydroxylation sites is 2. The van der Waals surface area contributed by atoms with E-state index in [0.29, 0.717) is 17.2 Å². The molecule has 2 aromatic carbocycles. The lowest BCUT2D eigenvalue weighted by molar-refractivity contribution is -0.123. The van der Waals surface area contributed by atoms with Crippen molar-refractivity contribution in [2.75, 3.05) is 26.0 Å². The summed E-state index contributed by atoms with van der Waals surface area (Å²) in [6.07, 6.45) is 1.94. The van der Waals surface area contributed by atoms with E-state index in [1.807, 2.05) is 42.5 Å². The summed E-state index contributed by atoms with van der Waals surface area (Å²) in [5.41, 5.74) is 4.71. The molecule has 6 heteroatoms. The van der Waals surface area contributed by atoms with Gasteiger partial charge >= 0.3 is 0 Å². The minimum Gasteiger partial charge on any atom is -0.350 e. The first-order valence-corrected chi connectivity index (χ1v) is 10.7. The smallest absolute Gasteiger partial charge is 0.275 e. The lowest BCUT2D eigenvalue weighted by Crippen LogP contribution is -2.29. The quantitative estimate of drug-likeness (QED) is 0.629. The molecule has 0 aliphatic carbocycles. The minimum absolute atomic E-state index is 0.325. The molecule has 6 nitrogen and oxygen atoms in total. The topological polar surface area (TPSA) is 66.4 Å². The maximum absolute atomic E-state index is 13.0. The van der Waals surface area contributed by atoms with E-state index < -0.39 is 0 Å².